The summed E-state index contributed by atoms with van der Waals surface area (Å²) in [5, 5.41) is 3.12. The Bertz CT molecular complexity index is 284. The quantitative estimate of drug-likeness (QED) is 0.424. The Labute approximate surface area is 72.0 Å². The largest absolute Gasteiger partial charge is 0.349 e. The molecule has 1 heterocycles. The van der Waals surface area contributed by atoms with E-state index < -0.39 is 0 Å². The minimum atomic E-state index is 0.0295. The lowest BCUT2D eigenvalue weighted by Crippen LogP contribution is -2.74. The summed E-state index contributed by atoms with van der Waals surface area (Å²) in [6.07, 6.45) is 10.00. The van der Waals surface area contributed by atoms with Crippen LogP contribution in [0.3, 0.4) is 0 Å². The number of β-lactam (4-membered cyclic amide) rings is 1. The van der Waals surface area contributed by atoms with Crippen molar-refractivity contribution in [3.63, 3.8) is 0 Å². The van der Waals surface area contributed by atoms with Gasteiger partial charge in [-0.2, -0.15) is 0 Å². The van der Waals surface area contributed by atoms with Gasteiger partial charge in [0, 0.05) is 0 Å². The van der Waals surface area contributed by atoms with Crippen LogP contribution in [0.2, 0.25) is 0 Å². The van der Waals surface area contributed by atoms with Crippen molar-refractivity contribution in [3.05, 3.63) is 12.2 Å². The molecule has 1 saturated carbocycles. The molecule has 2 atom stereocenters. The van der Waals surface area contributed by atoms with Crippen LogP contribution >= 0.6 is 0 Å². The molecule has 2 fully saturated rings. The van der Waals surface area contributed by atoms with Gasteiger partial charge in [0.1, 0.15) is 0 Å². The lowest BCUT2D eigenvalue weighted by molar-refractivity contribution is -0.153. The Kier molecular flexibility index (Phi) is 0.980. The zero-order chi connectivity index (χ0) is 8.23. The van der Waals surface area contributed by atoms with Crippen molar-refractivity contribution in [2.24, 2.45) is 5.41 Å². The molecular formula is C10H13NO. The van der Waals surface area contributed by atoms with Crippen LogP contribution < -0.4 is 5.32 Å². The predicted molar refractivity (Wildman–Crippen MR) is 45.5 cm³/mol. The van der Waals surface area contributed by atoms with Crippen molar-refractivity contribution in [2.45, 2.75) is 37.6 Å². The van der Waals surface area contributed by atoms with Gasteiger partial charge < -0.3 is 5.32 Å². The van der Waals surface area contributed by atoms with Gasteiger partial charge >= 0.3 is 0 Å². The Morgan fingerprint density at radius 2 is 2.08 bits per heavy atom. The van der Waals surface area contributed by atoms with Crippen LogP contribution in [0.15, 0.2) is 12.2 Å². The van der Waals surface area contributed by atoms with E-state index in [4.69, 9.17) is 0 Å². The van der Waals surface area contributed by atoms with Crippen molar-refractivity contribution < 1.29 is 4.79 Å². The number of carbonyl (C=O) groups excluding carboxylic acids is 1. The van der Waals surface area contributed by atoms with E-state index in [1.54, 1.807) is 0 Å². The highest BCUT2D eigenvalue weighted by molar-refractivity contribution is 5.93. The van der Waals surface area contributed by atoms with E-state index in [0.29, 0.717) is 5.91 Å². The number of hydrogen-bond acceptors (Lipinski definition) is 1. The molecule has 0 bridgehead atoms. The summed E-state index contributed by atoms with van der Waals surface area (Å²) in [5.74, 6) is 0.310. The monoisotopic (exact) mass is 163 g/mol. The van der Waals surface area contributed by atoms with Crippen LogP contribution in [-0.4, -0.2) is 11.4 Å². The summed E-state index contributed by atoms with van der Waals surface area (Å²) in [6, 6.07) is 0. The van der Waals surface area contributed by atoms with Gasteiger partial charge in [-0.3, -0.25) is 4.79 Å². The molecule has 1 amide bonds. The highest BCUT2D eigenvalue weighted by Gasteiger charge is 2.67. The summed E-state index contributed by atoms with van der Waals surface area (Å²) in [6.45, 7) is 0. The second-order valence-electron chi connectivity index (χ2n) is 4.35. The molecule has 0 aromatic carbocycles. The van der Waals surface area contributed by atoms with Crippen molar-refractivity contribution in [1.82, 2.24) is 5.32 Å². The summed E-state index contributed by atoms with van der Waals surface area (Å²) < 4.78 is 0. The van der Waals surface area contributed by atoms with E-state index in [1.165, 1.54) is 12.8 Å². The van der Waals surface area contributed by atoms with E-state index >= 15 is 0 Å². The molecule has 0 radical (unpaired) electrons. The minimum absolute atomic E-state index is 0.0295. The molecule has 3 aliphatic rings. The van der Waals surface area contributed by atoms with Gasteiger partial charge in [0.15, 0.2) is 0 Å². The highest BCUT2D eigenvalue weighted by atomic mass is 16.2. The zero-order valence-corrected chi connectivity index (χ0v) is 7.10. The van der Waals surface area contributed by atoms with E-state index in [1.807, 2.05) is 0 Å². The molecule has 1 N–H and O–H groups in total. The first kappa shape index (κ1) is 6.70. The molecule has 2 nitrogen and oxygen atoms in total. The second-order valence-corrected chi connectivity index (χ2v) is 4.35. The molecule has 0 spiro atoms. The number of nitrogens with one attached hydrogen (secondary N) is 1. The summed E-state index contributed by atoms with van der Waals surface area (Å²) >= 11 is 0. The van der Waals surface area contributed by atoms with Crippen LogP contribution in [0, 0.1) is 5.41 Å². The number of carbonyl (C=O) groups is 1. The molecule has 12 heavy (non-hydrogen) atoms. The van der Waals surface area contributed by atoms with Crippen LogP contribution in [-0.2, 0) is 4.79 Å². The maximum Gasteiger partial charge on any atom is 0.229 e. The molecule has 0 aromatic heterocycles. The second kappa shape index (κ2) is 1.76. The fourth-order valence-electron chi connectivity index (χ4n) is 3.27. The third kappa shape index (κ3) is 0.473. The fourth-order valence-corrected chi connectivity index (χ4v) is 3.27. The van der Waals surface area contributed by atoms with E-state index in [-0.39, 0.29) is 11.0 Å². The smallest absolute Gasteiger partial charge is 0.229 e. The average molecular weight is 163 g/mol. The number of hydrogen-bond donors (Lipinski definition) is 1. The molecule has 64 valence electrons. The van der Waals surface area contributed by atoms with Crippen LogP contribution in [0.25, 0.3) is 0 Å². The molecule has 0 aromatic rings. The zero-order valence-electron chi connectivity index (χ0n) is 7.10. The standard InChI is InChI=1S/C10H13NO/c12-8-9-4-1-2-6-10(9,11-8)7-3-5-9/h1-2H,3-7H2,(H,11,12)/t9-,10+/m1/s1. The Morgan fingerprint density at radius 3 is 2.83 bits per heavy atom. The van der Waals surface area contributed by atoms with E-state index in [0.717, 1.165) is 19.3 Å². The first-order valence-electron chi connectivity index (χ1n) is 4.77. The number of amides is 1. The van der Waals surface area contributed by atoms with Crippen molar-refractivity contribution in [3.8, 4) is 0 Å². The van der Waals surface area contributed by atoms with E-state index in [9.17, 15) is 4.79 Å². The normalized spacial score (nSPS) is 49.2. The van der Waals surface area contributed by atoms with Gasteiger partial charge in [-0.25, -0.2) is 0 Å². The number of rotatable bonds is 0. The Balaban J connectivity index is 2.10. The molecule has 2 aliphatic carbocycles. The fraction of sp³-hybridized carbons (Fsp3) is 0.700. The van der Waals surface area contributed by atoms with Gasteiger partial charge in [-0.05, 0) is 32.1 Å². The van der Waals surface area contributed by atoms with Gasteiger partial charge in [-0.15, -0.1) is 0 Å². The van der Waals surface area contributed by atoms with Crippen molar-refractivity contribution >= 4 is 5.91 Å². The first-order chi connectivity index (χ1) is 5.79. The van der Waals surface area contributed by atoms with Crippen LogP contribution in [0.4, 0.5) is 0 Å². The van der Waals surface area contributed by atoms with Crippen LogP contribution in [0.1, 0.15) is 32.1 Å². The van der Waals surface area contributed by atoms with Crippen molar-refractivity contribution in [2.75, 3.05) is 0 Å². The molecule has 1 saturated heterocycles. The van der Waals surface area contributed by atoms with Crippen LogP contribution in [0.5, 0.6) is 0 Å². The number of allylic oxidation sites excluding steroid dienone is 1. The third-order valence-electron chi connectivity index (χ3n) is 4.01. The molecule has 0 unspecified atom stereocenters. The predicted octanol–water partition coefficient (Wildman–Crippen LogP) is 1.38. The van der Waals surface area contributed by atoms with Gasteiger partial charge in [-0.1, -0.05) is 12.2 Å². The van der Waals surface area contributed by atoms with Crippen molar-refractivity contribution in [1.29, 1.82) is 0 Å². The SMILES string of the molecule is O=C1N[C@]23CC=CC[C@@]12CCC3. The summed E-state index contributed by atoms with van der Waals surface area (Å²) in [4.78, 5) is 11.5. The van der Waals surface area contributed by atoms with Gasteiger partial charge in [0.05, 0.1) is 11.0 Å². The summed E-state index contributed by atoms with van der Waals surface area (Å²) in [7, 11) is 0. The maximum atomic E-state index is 11.5. The topological polar surface area (TPSA) is 29.1 Å². The molecule has 2 heteroatoms. The van der Waals surface area contributed by atoms with Gasteiger partial charge in [0.25, 0.3) is 0 Å². The lowest BCUT2D eigenvalue weighted by atomic mass is 9.59. The Morgan fingerprint density at radius 1 is 1.25 bits per heavy atom. The first-order valence-corrected chi connectivity index (χ1v) is 4.77. The molecule has 1 aliphatic heterocycles. The Hall–Kier alpha value is -0.790. The van der Waals surface area contributed by atoms with E-state index in [2.05, 4.69) is 17.5 Å². The molecule has 3 rings (SSSR count). The van der Waals surface area contributed by atoms with Gasteiger partial charge in [0.2, 0.25) is 5.91 Å². The maximum absolute atomic E-state index is 11.5. The highest BCUT2D eigenvalue weighted by Crippen LogP contribution is 2.58. The minimum Gasteiger partial charge on any atom is -0.349 e. The summed E-state index contributed by atoms with van der Waals surface area (Å²) in [5.41, 5.74) is 0.223. The average Bonchev–Trinajstić information content (AvgIpc) is 2.38. The lowest BCUT2D eigenvalue weighted by Gasteiger charge is -2.56. The molecular weight excluding hydrogens is 150 g/mol. The third-order valence-corrected chi connectivity index (χ3v) is 4.01.